The van der Waals surface area contributed by atoms with Crippen molar-refractivity contribution in [3.63, 3.8) is 0 Å². The molecule has 1 fully saturated rings. The quantitative estimate of drug-likeness (QED) is 0.823. The van der Waals surface area contributed by atoms with Crippen LogP contribution in [0.25, 0.3) is 11.3 Å². The number of hydrogen-bond acceptors (Lipinski definition) is 6. The van der Waals surface area contributed by atoms with Gasteiger partial charge in [-0.3, -0.25) is 14.3 Å². The lowest BCUT2D eigenvalue weighted by Gasteiger charge is -2.12. The van der Waals surface area contributed by atoms with E-state index in [1.54, 1.807) is 12.1 Å². The molecule has 2 aromatic rings. The maximum Gasteiger partial charge on any atom is 0.330 e. The van der Waals surface area contributed by atoms with Gasteiger partial charge in [-0.15, -0.1) is 0 Å². The SMILES string of the molecule is O=c1[nH]c(=O)n([C@H]2CO[C@@H](CO)O2)cc1-c1ccc(Br)o1. The van der Waals surface area contributed by atoms with E-state index in [0.29, 0.717) is 10.4 Å². The van der Waals surface area contributed by atoms with E-state index in [1.807, 2.05) is 0 Å². The maximum atomic E-state index is 11.9. The Balaban J connectivity index is 2.02. The minimum Gasteiger partial charge on any atom is -0.449 e. The standard InChI is InChI=1S/C12H11BrN2O6/c13-8-2-1-7(20-8)6-3-15(12(18)14-11(6)17)9-5-19-10(4-16)21-9/h1-3,9-10,16H,4-5H2,(H,14,17,18)/t9-,10-/m1/s1. The number of aromatic amines is 1. The zero-order chi connectivity index (χ0) is 15.0. The van der Waals surface area contributed by atoms with Crippen LogP contribution in [0.3, 0.4) is 0 Å². The molecule has 8 nitrogen and oxygen atoms in total. The molecule has 0 spiro atoms. The number of rotatable bonds is 3. The average Bonchev–Trinajstić information content (AvgIpc) is 3.08. The van der Waals surface area contributed by atoms with Crippen LogP contribution in [0.1, 0.15) is 6.23 Å². The summed E-state index contributed by atoms with van der Waals surface area (Å²) in [5, 5.41) is 8.96. The Bertz CT molecular complexity index is 764. The third-order valence-corrected chi connectivity index (χ3v) is 3.43. The molecule has 0 bridgehead atoms. The van der Waals surface area contributed by atoms with E-state index in [0.717, 1.165) is 0 Å². The topological polar surface area (TPSA) is 107 Å². The molecule has 0 aromatic carbocycles. The average molecular weight is 359 g/mol. The number of furan rings is 1. The van der Waals surface area contributed by atoms with E-state index in [9.17, 15) is 9.59 Å². The molecular weight excluding hydrogens is 348 g/mol. The van der Waals surface area contributed by atoms with Gasteiger partial charge in [0.1, 0.15) is 5.76 Å². The summed E-state index contributed by atoms with van der Waals surface area (Å²) in [5.74, 6) is 0.314. The van der Waals surface area contributed by atoms with Crippen LogP contribution in [0.5, 0.6) is 0 Å². The predicted molar refractivity (Wildman–Crippen MR) is 73.7 cm³/mol. The lowest BCUT2D eigenvalue weighted by molar-refractivity contribution is -0.0992. The van der Waals surface area contributed by atoms with Crippen molar-refractivity contribution in [1.29, 1.82) is 0 Å². The van der Waals surface area contributed by atoms with E-state index < -0.39 is 23.8 Å². The molecule has 2 atom stereocenters. The number of aromatic nitrogens is 2. The summed E-state index contributed by atoms with van der Waals surface area (Å²) in [6, 6.07) is 3.24. The monoisotopic (exact) mass is 358 g/mol. The Kier molecular flexibility index (Phi) is 3.81. The molecule has 0 unspecified atom stereocenters. The lowest BCUT2D eigenvalue weighted by Crippen LogP contribution is -2.34. The molecule has 0 aliphatic carbocycles. The van der Waals surface area contributed by atoms with Gasteiger partial charge in [0, 0.05) is 6.20 Å². The second kappa shape index (κ2) is 5.60. The van der Waals surface area contributed by atoms with Gasteiger partial charge in [-0.25, -0.2) is 4.79 Å². The normalized spacial score (nSPS) is 21.8. The van der Waals surface area contributed by atoms with Crippen molar-refractivity contribution in [1.82, 2.24) is 9.55 Å². The van der Waals surface area contributed by atoms with Crippen LogP contribution in [-0.4, -0.2) is 34.2 Å². The Morgan fingerprint density at radius 3 is 2.86 bits per heavy atom. The number of H-pyrrole nitrogens is 1. The van der Waals surface area contributed by atoms with Crippen molar-refractivity contribution < 1.29 is 19.0 Å². The van der Waals surface area contributed by atoms with Crippen LogP contribution < -0.4 is 11.2 Å². The van der Waals surface area contributed by atoms with Gasteiger partial charge in [-0.1, -0.05) is 0 Å². The fraction of sp³-hybridized carbons (Fsp3) is 0.333. The first kappa shape index (κ1) is 14.3. The van der Waals surface area contributed by atoms with E-state index in [1.165, 1.54) is 10.8 Å². The van der Waals surface area contributed by atoms with Gasteiger partial charge in [-0.2, -0.15) is 0 Å². The summed E-state index contributed by atoms with van der Waals surface area (Å²) in [6.07, 6.45) is -0.154. The summed E-state index contributed by atoms with van der Waals surface area (Å²) in [5.41, 5.74) is -0.992. The number of nitrogens with zero attached hydrogens (tertiary/aromatic N) is 1. The van der Waals surface area contributed by atoms with Gasteiger partial charge in [0.05, 0.1) is 18.8 Å². The van der Waals surface area contributed by atoms with Crippen LogP contribution in [-0.2, 0) is 9.47 Å². The number of aliphatic hydroxyl groups is 1. The van der Waals surface area contributed by atoms with Crippen molar-refractivity contribution >= 4 is 15.9 Å². The third kappa shape index (κ3) is 2.72. The molecule has 0 amide bonds. The number of nitrogens with one attached hydrogen (secondary N) is 1. The van der Waals surface area contributed by atoms with E-state index in [2.05, 4.69) is 20.9 Å². The Labute approximate surface area is 126 Å². The minimum atomic E-state index is -0.782. The number of hydrogen-bond donors (Lipinski definition) is 2. The number of ether oxygens (including phenoxy) is 2. The third-order valence-electron chi connectivity index (χ3n) is 3.00. The molecule has 0 radical (unpaired) electrons. The highest BCUT2D eigenvalue weighted by Crippen LogP contribution is 2.24. The summed E-state index contributed by atoms with van der Waals surface area (Å²) in [4.78, 5) is 26.0. The van der Waals surface area contributed by atoms with Gasteiger partial charge in [0.25, 0.3) is 5.56 Å². The summed E-state index contributed by atoms with van der Waals surface area (Å²) in [6.45, 7) is -0.217. The minimum absolute atomic E-state index is 0.0957. The van der Waals surface area contributed by atoms with Crippen LogP contribution in [0, 0.1) is 0 Å². The number of halogens is 1. The fourth-order valence-corrected chi connectivity index (χ4v) is 2.33. The van der Waals surface area contributed by atoms with Crippen LogP contribution >= 0.6 is 15.9 Å². The van der Waals surface area contributed by atoms with Crippen molar-refractivity contribution in [3.8, 4) is 11.3 Å². The predicted octanol–water partition coefficient (Wildman–Crippen LogP) is 0.423. The molecule has 1 aliphatic heterocycles. The van der Waals surface area contributed by atoms with Gasteiger partial charge >= 0.3 is 5.69 Å². The second-order valence-electron chi connectivity index (χ2n) is 4.35. The summed E-state index contributed by atoms with van der Waals surface area (Å²) < 4.78 is 17.5. The lowest BCUT2D eigenvalue weighted by atomic mass is 10.2. The molecular formula is C12H11BrN2O6. The fourth-order valence-electron chi connectivity index (χ4n) is 2.02. The first-order chi connectivity index (χ1) is 10.1. The Morgan fingerprint density at radius 1 is 1.43 bits per heavy atom. The first-order valence-electron chi connectivity index (χ1n) is 6.07. The van der Waals surface area contributed by atoms with E-state index in [-0.39, 0.29) is 18.8 Å². The molecule has 2 aromatic heterocycles. The second-order valence-corrected chi connectivity index (χ2v) is 5.13. The van der Waals surface area contributed by atoms with E-state index in [4.69, 9.17) is 19.0 Å². The van der Waals surface area contributed by atoms with Gasteiger partial charge in [0.15, 0.2) is 17.2 Å². The van der Waals surface area contributed by atoms with Crippen molar-refractivity contribution in [2.24, 2.45) is 0 Å². The molecule has 21 heavy (non-hydrogen) atoms. The molecule has 1 aliphatic rings. The molecule has 1 saturated heterocycles. The summed E-state index contributed by atoms with van der Waals surface area (Å²) >= 11 is 3.15. The van der Waals surface area contributed by atoms with Gasteiger partial charge < -0.3 is 19.0 Å². The Morgan fingerprint density at radius 2 is 2.24 bits per heavy atom. The first-order valence-corrected chi connectivity index (χ1v) is 6.87. The van der Waals surface area contributed by atoms with Crippen molar-refractivity contribution in [2.75, 3.05) is 13.2 Å². The van der Waals surface area contributed by atoms with Gasteiger partial charge in [-0.05, 0) is 28.1 Å². The van der Waals surface area contributed by atoms with Crippen LogP contribution in [0.2, 0.25) is 0 Å². The molecule has 112 valence electrons. The zero-order valence-electron chi connectivity index (χ0n) is 10.6. The van der Waals surface area contributed by atoms with Crippen LogP contribution in [0.15, 0.2) is 37.0 Å². The smallest absolute Gasteiger partial charge is 0.330 e. The highest BCUT2D eigenvalue weighted by Gasteiger charge is 2.28. The zero-order valence-corrected chi connectivity index (χ0v) is 12.2. The largest absolute Gasteiger partial charge is 0.449 e. The summed E-state index contributed by atoms with van der Waals surface area (Å²) in [7, 11) is 0. The molecule has 2 N–H and O–H groups in total. The van der Waals surface area contributed by atoms with Crippen LogP contribution in [0.4, 0.5) is 0 Å². The Hall–Kier alpha value is -1.68. The van der Waals surface area contributed by atoms with Crippen molar-refractivity contribution in [2.45, 2.75) is 12.5 Å². The van der Waals surface area contributed by atoms with Crippen molar-refractivity contribution in [3.05, 3.63) is 43.8 Å². The highest BCUT2D eigenvalue weighted by molar-refractivity contribution is 9.10. The molecule has 3 heterocycles. The highest BCUT2D eigenvalue weighted by atomic mass is 79.9. The molecule has 9 heteroatoms. The number of aliphatic hydroxyl groups excluding tert-OH is 1. The maximum absolute atomic E-state index is 11.9. The molecule has 3 rings (SSSR count). The van der Waals surface area contributed by atoms with E-state index >= 15 is 0 Å². The molecule has 0 saturated carbocycles. The van der Waals surface area contributed by atoms with Gasteiger partial charge in [0.2, 0.25) is 0 Å².